The van der Waals surface area contributed by atoms with Crippen molar-refractivity contribution in [3.63, 3.8) is 0 Å². The van der Waals surface area contributed by atoms with Crippen LogP contribution in [0.3, 0.4) is 0 Å². The van der Waals surface area contributed by atoms with Crippen molar-refractivity contribution in [3.05, 3.63) is 29.0 Å². The lowest BCUT2D eigenvalue weighted by Gasteiger charge is -2.19. The summed E-state index contributed by atoms with van der Waals surface area (Å²) in [5, 5.41) is 3.46. The number of ether oxygens (including phenoxy) is 1. The Morgan fingerprint density at radius 3 is 2.84 bits per heavy atom. The van der Waals surface area contributed by atoms with Gasteiger partial charge in [-0.2, -0.15) is 0 Å². The minimum Gasteiger partial charge on any atom is -0.493 e. The van der Waals surface area contributed by atoms with Gasteiger partial charge < -0.3 is 14.1 Å². The molecule has 0 bridgehead atoms. The van der Waals surface area contributed by atoms with Crippen LogP contribution < -0.4 is 10.1 Å². The SMILES string of the molecule is COc1cc(Cl)cc2cc(C(=O)N3CCC4(CC(=O)NC4=O)C3)oc12. The predicted octanol–water partition coefficient (Wildman–Crippen LogP) is 1.97. The molecule has 2 aromatic rings. The Labute approximate surface area is 147 Å². The van der Waals surface area contributed by atoms with Crippen molar-refractivity contribution in [2.24, 2.45) is 5.41 Å². The molecule has 2 saturated heterocycles. The van der Waals surface area contributed by atoms with E-state index in [0.29, 0.717) is 34.7 Å². The van der Waals surface area contributed by atoms with Crippen molar-refractivity contribution in [1.29, 1.82) is 0 Å². The number of furan rings is 1. The lowest BCUT2D eigenvalue weighted by atomic mass is 9.85. The molecule has 7 nitrogen and oxygen atoms in total. The van der Waals surface area contributed by atoms with Crippen molar-refractivity contribution in [2.75, 3.05) is 20.2 Å². The number of methoxy groups -OCH3 is 1. The minimum absolute atomic E-state index is 0.124. The lowest BCUT2D eigenvalue weighted by Crippen LogP contribution is -2.36. The molecular formula is C17H15ClN2O5. The number of likely N-dealkylation sites (tertiary alicyclic amines) is 1. The van der Waals surface area contributed by atoms with Crippen LogP contribution in [-0.4, -0.2) is 42.8 Å². The highest BCUT2D eigenvalue weighted by Crippen LogP contribution is 2.39. The van der Waals surface area contributed by atoms with Crippen LogP contribution in [0.4, 0.5) is 0 Å². The standard InChI is InChI=1S/C17H15ClN2O5/c1-24-11-6-10(18)4-9-5-12(25-14(9)11)15(22)20-3-2-17(8-20)7-13(21)19-16(17)23/h4-6H,2-3,7-8H2,1H3,(H,19,21,23). The maximum Gasteiger partial charge on any atom is 0.289 e. The van der Waals surface area contributed by atoms with E-state index in [0.717, 1.165) is 0 Å². The summed E-state index contributed by atoms with van der Waals surface area (Å²) in [4.78, 5) is 37.9. The summed E-state index contributed by atoms with van der Waals surface area (Å²) in [6, 6.07) is 4.91. The maximum absolute atomic E-state index is 12.8. The van der Waals surface area contributed by atoms with Crippen LogP contribution in [0.2, 0.25) is 5.02 Å². The number of nitrogens with zero attached hydrogens (tertiary/aromatic N) is 1. The number of carbonyl (C=O) groups is 3. The van der Waals surface area contributed by atoms with Gasteiger partial charge in [0.1, 0.15) is 0 Å². The second-order valence-electron chi connectivity index (χ2n) is 6.45. The first-order chi connectivity index (χ1) is 11.9. The number of benzene rings is 1. The Hall–Kier alpha value is -2.54. The van der Waals surface area contributed by atoms with Gasteiger partial charge in [0.2, 0.25) is 11.8 Å². The molecule has 3 heterocycles. The molecule has 1 aromatic heterocycles. The number of carbonyl (C=O) groups excluding carboxylic acids is 3. The fraction of sp³-hybridized carbons (Fsp3) is 0.353. The number of nitrogens with one attached hydrogen (secondary N) is 1. The first-order valence-corrected chi connectivity index (χ1v) is 8.20. The molecule has 25 heavy (non-hydrogen) atoms. The number of halogens is 1. The Balaban J connectivity index is 1.63. The highest BCUT2D eigenvalue weighted by atomic mass is 35.5. The average Bonchev–Trinajstić information content (AvgIpc) is 3.24. The monoisotopic (exact) mass is 362 g/mol. The van der Waals surface area contributed by atoms with E-state index in [4.69, 9.17) is 20.8 Å². The van der Waals surface area contributed by atoms with E-state index in [1.165, 1.54) is 7.11 Å². The summed E-state index contributed by atoms with van der Waals surface area (Å²) < 4.78 is 10.9. The molecule has 0 radical (unpaired) electrons. The van der Waals surface area contributed by atoms with Gasteiger partial charge in [0.05, 0.1) is 12.5 Å². The molecule has 0 aliphatic carbocycles. The van der Waals surface area contributed by atoms with Gasteiger partial charge in [0.25, 0.3) is 5.91 Å². The molecule has 1 spiro atoms. The Bertz CT molecular complexity index is 921. The quantitative estimate of drug-likeness (QED) is 0.825. The van der Waals surface area contributed by atoms with Gasteiger partial charge in [-0.05, 0) is 18.6 Å². The summed E-state index contributed by atoms with van der Waals surface area (Å²) >= 11 is 6.04. The molecule has 1 aromatic carbocycles. The Morgan fingerprint density at radius 1 is 1.36 bits per heavy atom. The Kier molecular flexibility index (Phi) is 3.50. The van der Waals surface area contributed by atoms with Crippen molar-refractivity contribution in [1.82, 2.24) is 10.2 Å². The van der Waals surface area contributed by atoms with Crippen LogP contribution in [0.25, 0.3) is 11.0 Å². The predicted molar refractivity (Wildman–Crippen MR) is 88.5 cm³/mol. The molecule has 2 aliphatic heterocycles. The highest BCUT2D eigenvalue weighted by Gasteiger charge is 2.52. The fourth-order valence-electron chi connectivity index (χ4n) is 3.57. The van der Waals surface area contributed by atoms with Gasteiger partial charge >= 0.3 is 0 Å². The smallest absolute Gasteiger partial charge is 0.289 e. The van der Waals surface area contributed by atoms with Crippen molar-refractivity contribution >= 4 is 40.3 Å². The van der Waals surface area contributed by atoms with Crippen LogP contribution in [0, 0.1) is 5.41 Å². The van der Waals surface area contributed by atoms with Crippen molar-refractivity contribution in [2.45, 2.75) is 12.8 Å². The van der Waals surface area contributed by atoms with Gasteiger partial charge in [0.15, 0.2) is 17.1 Å². The van der Waals surface area contributed by atoms with E-state index >= 15 is 0 Å². The Morgan fingerprint density at radius 2 is 2.16 bits per heavy atom. The van der Waals surface area contributed by atoms with Gasteiger partial charge in [-0.25, -0.2) is 0 Å². The van der Waals surface area contributed by atoms with Crippen LogP contribution in [0.5, 0.6) is 5.75 Å². The van der Waals surface area contributed by atoms with E-state index in [1.807, 2.05) is 0 Å². The zero-order chi connectivity index (χ0) is 17.8. The van der Waals surface area contributed by atoms with Crippen molar-refractivity contribution < 1.29 is 23.5 Å². The molecule has 1 atom stereocenters. The molecule has 1 N–H and O–H groups in total. The third-order valence-electron chi connectivity index (χ3n) is 4.85. The first-order valence-electron chi connectivity index (χ1n) is 7.82. The molecule has 1 unspecified atom stereocenters. The largest absolute Gasteiger partial charge is 0.493 e. The second-order valence-corrected chi connectivity index (χ2v) is 6.88. The van der Waals surface area contributed by atoms with E-state index in [9.17, 15) is 14.4 Å². The molecule has 2 fully saturated rings. The molecule has 130 valence electrons. The summed E-state index contributed by atoms with van der Waals surface area (Å²) in [6.45, 7) is 0.604. The fourth-order valence-corrected chi connectivity index (χ4v) is 3.78. The number of amides is 3. The molecule has 8 heteroatoms. The van der Waals surface area contributed by atoms with E-state index in [2.05, 4.69) is 5.32 Å². The molecule has 3 amide bonds. The van der Waals surface area contributed by atoms with E-state index in [1.54, 1.807) is 23.1 Å². The normalized spacial score (nSPS) is 22.9. The molecule has 2 aliphatic rings. The van der Waals surface area contributed by atoms with Crippen molar-refractivity contribution in [3.8, 4) is 5.75 Å². The van der Waals surface area contributed by atoms with Gasteiger partial charge in [0, 0.05) is 36.0 Å². The summed E-state index contributed by atoms with van der Waals surface area (Å²) in [5.74, 6) is -0.316. The molecular weight excluding hydrogens is 348 g/mol. The van der Waals surface area contributed by atoms with E-state index in [-0.39, 0.29) is 36.4 Å². The number of rotatable bonds is 2. The molecule has 0 saturated carbocycles. The number of hydrogen-bond acceptors (Lipinski definition) is 5. The number of imide groups is 1. The topological polar surface area (TPSA) is 88.9 Å². The number of hydrogen-bond donors (Lipinski definition) is 1. The first kappa shape index (κ1) is 16.0. The highest BCUT2D eigenvalue weighted by molar-refractivity contribution is 6.31. The third-order valence-corrected chi connectivity index (χ3v) is 5.07. The zero-order valence-electron chi connectivity index (χ0n) is 13.4. The summed E-state index contributed by atoms with van der Waals surface area (Å²) in [7, 11) is 1.50. The zero-order valence-corrected chi connectivity index (χ0v) is 14.2. The van der Waals surface area contributed by atoms with Crippen LogP contribution in [0.1, 0.15) is 23.4 Å². The molecule has 4 rings (SSSR count). The van der Waals surface area contributed by atoms with Crippen LogP contribution in [0.15, 0.2) is 22.6 Å². The minimum atomic E-state index is -0.806. The van der Waals surface area contributed by atoms with E-state index < -0.39 is 5.41 Å². The maximum atomic E-state index is 12.8. The summed E-state index contributed by atoms with van der Waals surface area (Å²) in [5.41, 5.74) is -0.363. The van der Waals surface area contributed by atoms with Crippen LogP contribution >= 0.6 is 11.6 Å². The van der Waals surface area contributed by atoms with Gasteiger partial charge in [-0.15, -0.1) is 0 Å². The summed E-state index contributed by atoms with van der Waals surface area (Å²) in [6.07, 6.45) is 0.588. The van der Waals surface area contributed by atoms with Gasteiger partial charge in [-0.1, -0.05) is 11.6 Å². The average molecular weight is 363 g/mol. The lowest BCUT2D eigenvalue weighted by molar-refractivity contribution is -0.128. The third kappa shape index (κ3) is 2.46. The number of fused-ring (bicyclic) bond motifs is 1. The van der Waals surface area contributed by atoms with Gasteiger partial charge in [-0.3, -0.25) is 19.7 Å². The second kappa shape index (κ2) is 5.49. The van der Waals surface area contributed by atoms with Crippen LogP contribution in [-0.2, 0) is 9.59 Å².